The first-order valence-corrected chi connectivity index (χ1v) is 6.83. The van der Waals surface area contributed by atoms with Gasteiger partial charge < -0.3 is 10.4 Å². The second-order valence-electron chi connectivity index (χ2n) is 3.91. The molecular formula is C15H12FNO2S. The van der Waals surface area contributed by atoms with Crippen molar-refractivity contribution in [1.29, 1.82) is 0 Å². The molecule has 0 fully saturated rings. The van der Waals surface area contributed by atoms with E-state index >= 15 is 0 Å². The van der Waals surface area contributed by atoms with E-state index in [4.69, 9.17) is 5.11 Å². The summed E-state index contributed by atoms with van der Waals surface area (Å²) in [6.45, 7) is 0.0129. The minimum atomic E-state index is -0.473. The lowest BCUT2D eigenvalue weighted by Crippen LogP contribution is -2.11. The summed E-state index contributed by atoms with van der Waals surface area (Å²) < 4.78 is 13.4. The number of halogens is 1. The zero-order valence-electron chi connectivity index (χ0n) is 10.5. The van der Waals surface area contributed by atoms with Gasteiger partial charge in [0, 0.05) is 11.8 Å². The third-order valence-electron chi connectivity index (χ3n) is 2.43. The fraction of sp³-hybridized carbons (Fsp3) is 0.133. The number of thiophene rings is 1. The van der Waals surface area contributed by atoms with Crippen LogP contribution in [0.4, 0.5) is 10.1 Å². The Morgan fingerprint density at radius 1 is 1.40 bits per heavy atom. The van der Waals surface area contributed by atoms with Crippen molar-refractivity contribution in [3.05, 3.63) is 52.0 Å². The molecule has 102 valence electrons. The molecule has 1 aromatic carbocycles. The average Bonchev–Trinajstić information content (AvgIpc) is 2.91. The topological polar surface area (TPSA) is 49.3 Å². The summed E-state index contributed by atoms with van der Waals surface area (Å²) in [5.41, 5.74) is 0.586. The molecule has 20 heavy (non-hydrogen) atoms. The van der Waals surface area contributed by atoms with Crippen LogP contribution in [0.5, 0.6) is 0 Å². The number of benzene rings is 1. The number of aliphatic hydroxyl groups is 1. The number of anilines is 1. The number of carbonyl (C=O) groups excluding carboxylic acids is 1. The summed E-state index contributed by atoms with van der Waals surface area (Å²) in [7, 11) is 0. The molecule has 5 heteroatoms. The summed E-state index contributed by atoms with van der Waals surface area (Å²) in [6.07, 6.45) is 0.397. The minimum Gasteiger partial charge on any atom is -0.395 e. The molecule has 2 N–H and O–H groups in total. The van der Waals surface area contributed by atoms with Crippen LogP contribution < -0.4 is 5.32 Å². The van der Waals surface area contributed by atoms with E-state index in [1.807, 2.05) is 0 Å². The summed E-state index contributed by atoms with van der Waals surface area (Å²) in [5.74, 6) is 4.78. The number of rotatable bonds is 3. The monoisotopic (exact) mass is 289 g/mol. The number of hydrogen-bond donors (Lipinski definition) is 2. The van der Waals surface area contributed by atoms with Gasteiger partial charge in [-0.25, -0.2) is 4.39 Å². The van der Waals surface area contributed by atoms with Crippen LogP contribution in [0.15, 0.2) is 35.7 Å². The minimum absolute atomic E-state index is 0.0129. The highest BCUT2D eigenvalue weighted by Crippen LogP contribution is 2.17. The molecule has 0 atom stereocenters. The number of hydrogen-bond acceptors (Lipinski definition) is 3. The highest BCUT2D eigenvalue weighted by molar-refractivity contribution is 7.10. The van der Waals surface area contributed by atoms with Crippen molar-refractivity contribution >= 4 is 22.9 Å². The van der Waals surface area contributed by atoms with Gasteiger partial charge in [0.25, 0.3) is 5.91 Å². The molecule has 1 amide bonds. The summed E-state index contributed by atoms with van der Waals surface area (Å²) in [4.78, 5) is 12.7. The molecule has 0 radical (unpaired) electrons. The van der Waals surface area contributed by atoms with E-state index in [2.05, 4.69) is 17.2 Å². The van der Waals surface area contributed by atoms with Gasteiger partial charge in [-0.15, -0.1) is 11.3 Å². The van der Waals surface area contributed by atoms with Gasteiger partial charge in [-0.05, 0) is 18.2 Å². The van der Waals surface area contributed by atoms with Crippen LogP contribution in [0.25, 0.3) is 0 Å². The van der Waals surface area contributed by atoms with Crippen molar-refractivity contribution < 1.29 is 14.3 Å². The Morgan fingerprint density at radius 2 is 2.20 bits per heavy atom. The number of carbonyl (C=O) groups is 1. The maximum atomic E-state index is 13.4. The second kappa shape index (κ2) is 6.85. The molecule has 2 aromatic rings. The Balaban J connectivity index is 2.07. The fourth-order valence-corrected chi connectivity index (χ4v) is 2.24. The van der Waals surface area contributed by atoms with Crippen molar-refractivity contribution in [3.63, 3.8) is 0 Å². The third-order valence-corrected chi connectivity index (χ3v) is 3.28. The number of para-hydroxylation sites is 1. The molecule has 0 saturated heterocycles. The molecule has 1 aromatic heterocycles. The Morgan fingerprint density at radius 3 is 2.95 bits per heavy atom. The largest absolute Gasteiger partial charge is 0.395 e. The summed E-state index contributed by atoms with van der Waals surface area (Å²) in [6, 6.07) is 7.64. The zero-order chi connectivity index (χ0) is 14.4. The number of aliphatic hydroxyl groups excluding tert-OH is 1. The first-order valence-electron chi connectivity index (χ1n) is 5.95. The molecule has 3 nitrogen and oxygen atoms in total. The van der Waals surface area contributed by atoms with E-state index in [9.17, 15) is 9.18 Å². The van der Waals surface area contributed by atoms with Crippen molar-refractivity contribution in [1.82, 2.24) is 0 Å². The smallest absolute Gasteiger partial charge is 0.256 e. The van der Waals surface area contributed by atoms with E-state index < -0.39 is 5.82 Å². The van der Waals surface area contributed by atoms with E-state index in [-0.39, 0.29) is 18.2 Å². The maximum absolute atomic E-state index is 13.4. The predicted octanol–water partition coefficient (Wildman–Crippen LogP) is 2.87. The standard InChI is InChI=1S/C15H12FNO2S/c16-13-6-1-2-7-14(13)17-15(19)11-9-12(20-10-11)5-3-4-8-18/h1-2,6-7,9-10,18H,4,8H2,(H,17,19). The van der Waals surface area contributed by atoms with Gasteiger partial charge in [-0.1, -0.05) is 24.0 Å². The van der Waals surface area contributed by atoms with Crippen molar-refractivity contribution in [2.24, 2.45) is 0 Å². The highest BCUT2D eigenvalue weighted by Gasteiger charge is 2.10. The predicted molar refractivity (Wildman–Crippen MR) is 77.3 cm³/mol. The van der Waals surface area contributed by atoms with Crippen molar-refractivity contribution in [2.45, 2.75) is 6.42 Å². The van der Waals surface area contributed by atoms with Crippen LogP contribution in [-0.2, 0) is 0 Å². The normalized spacial score (nSPS) is 9.70. The quantitative estimate of drug-likeness (QED) is 0.854. The van der Waals surface area contributed by atoms with E-state index in [1.165, 1.54) is 23.5 Å². The third kappa shape index (κ3) is 3.67. The Kier molecular flexibility index (Phi) is 4.88. The van der Waals surface area contributed by atoms with Crippen molar-refractivity contribution in [2.75, 3.05) is 11.9 Å². The molecule has 2 rings (SSSR count). The molecule has 0 aliphatic carbocycles. The van der Waals surface area contributed by atoms with E-state index in [0.29, 0.717) is 12.0 Å². The van der Waals surface area contributed by atoms with Gasteiger partial charge in [0.05, 0.1) is 22.7 Å². The van der Waals surface area contributed by atoms with E-state index in [1.54, 1.807) is 23.6 Å². The van der Waals surface area contributed by atoms with Crippen molar-refractivity contribution in [3.8, 4) is 11.8 Å². The molecule has 0 saturated carbocycles. The van der Waals surface area contributed by atoms with Crippen LogP contribution in [0.3, 0.4) is 0 Å². The van der Waals surface area contributed by atoms with Gasteiger partial charge in [-0.3, -0.25) is 4.79 Å². The lowest BCUT2D eigenvalue weighted by Gasteiger charge is -2.04. The Labute approximate surface area is 120 Å². The maximum Gasteiger partial charge on any atom is 0.256 e. The lowest BCUT2D eigenvalue weighted by atomic mass is 10.2. The van der Waals surface area contributed by atoms with Gasteiger partial charge >= 0.3 is 0 Å². The average molecular weight is 289 g/mol. The Hall–Kier alpha value is -2.16. The first-order chi connectivity index (χ1) is 9.70. The highest BCUT2D eigenvalue weighted by atomic mass is 32.1. The molecule has 0 unspecified atom stereocenters. The van der Waals surface area contributed by atoms with Crippen LogP contribution in [0, 0.1) is 17.7 Å². The molecule has 0 spiro atoms. The van der Waals surface area contributed by atoms with Gasteiger partial charge in [0.15, 0.2) is 0 Å². The number of amides is 1. The van der Waals surface area contributed by atoms with Crippen LogP contribution in [0.1, 0.15) is 21.7 Å². The van der Waals surface area contributed by atoms with E-state index in [0.717, 1.165) is 4.88 Å². The fourth-order valence-electron chi connectivity index (χ4n) is 1.48. The second-order valence-corrected chi connectivity index (χ2v) is 4.82. The lowest BCUT2D eigenvalue weighted by molar-refractivity contribution is 0.102. The van der Waals surface area contributed by atoms with Crippen LogP contribution in [-0.4, -0.2) is 17.6 Å². The molecule has 0 bridgehead atoms. The summed E-state index contributed by atoms with van der Waals surface area (Å²) >= 11 is 1.33. The molecule has 0 aliphatic heterocycles. The SMILES string of the molecule is O=C(Nc1ccccc1F)c1csc(C#CCCO)c1. The van der Waals surface area contributed by atoms with Crippen LogP contribution in [0.2, 0.25) is 0 Å². The summed E-state index contributed by atoms with van der Waals surface area (Å²) in [5, 5.41) is 12.8. The van der Waals surface area contributed by atoms with Gasteiger partial charge in [0.1, 0.15) is 5.82 Å². The van der Waals surface area contributed by atoms with Crippen LogP contribution >= 0.6 is 11.3 Å². The zero-order valence-corrected chi connectivity index (χ0v) is 11.3. The molecular weight excluding hydrogens is 277 g/mol. The molecule has 0 aliphatic rings. The van der Waals surface area contributed by atoms with Gasteiger partial charge in [0.2, 0.25) is 0 Å². The first kappa shape index (κ1) is 14.3. The molecule has 1 heterocycles. The Bertz CT molecular complexity index is 670. The number of nitrogens with one attached hydrogen (secondary N) is 1. The van der Waals surface area contributed by atoms with Gasteiger partial charge in [-0.2, -0.15) is 0 Å².